The smallest absolute Gasteiger partial charge is 0.243 e. The molecule has 0 saturated heterocycles. The van der Waals surface area contributed by atoms with E-state index in [1.807, 2.05) is 43.7 Å². The van der Waals surface area contributed by atoms with Crippen molar-refractivity contribution in [2.45, 2.75) is 25.2 Å². The molecule has 0 fully saturated rings. The Hall–Kier alpha value is -2.49. The summed E-state index contributed by atoms with van der Waals surface area (Å²) < 4.78 is 34.6. The van der Waals surface area contributed by atoms with Crippen molar-refractivity contribution in [2.75, 3.05) is 25.5 Å². The largest absolute Gasteiger partial charge is 0.496 e. The van der Waals surface area contributed by atoms with Gasteiger partial charge in [0, 0.05) is 32.1 Å². The number of aromatic nitrogens is 2. The van der Waals surface area contributed by atoms with Gasteiger partial charge in [0.2, 0.25) is 10.0 Å². The number of rotatable bonds is 8. The third-order valence-electron chi connectivity index (χ3n) is 4.97. The number of methoxy groups -OCH3 is 1. The molecule has 1 heterocycles. The van der Waals surface area contributed by atoms with Crippen molar-refractivity contribution in [3.05, 3.63) is 48.3 Å². The monoisotopic (exact) mass is 446 g/mol. The predicted molar refractivity (Wildman–Crippen MR) is 124 cm³/mol. The lowest BCUT2D eigenvalue weighted by atomic mass is 10.1. The fourth-order valence-electron chi connectivity index (χ4n) is 3.39. The van der Waals surface area contributed by atoms with E-state index in [0.29, 0.717) is 35.8 Å². The van der Waals surface area contributed by atoms with Crippen LogP contribution in [0, 0.1) is 0 Å². The van der Waals surface area contributed by atoms with Gasteiger partial charge in [-0.15, -0.1) is 0 Å². The maximum atomic E-state index is 12.9. The Labute approximate surface area is 182 Å². The summed E-state index contributed by atoms with van der Waals surface area (Å²) in [6.45, 7) is 4.47. The summed E-state index contributed by atoms with van der Waals surface area (Å²) in [5.74, 6) is 0.591. The molecule has 0 amide bonds. The zero-order valence-electron chi connectivity index (χ0n) is 17.5. The van der Waals surface area contributed by atoms with Crippen molar-refractivity contribution < 1.29 is 13.2 Å². The van der Waals surface area contributed by atoms with Crippen molar-refractivity contribution >= 4 is 44.0 Å². The van der Waals surface area contributed by atoms with E-state index in [1.165, 1.54) is 4.31 Å². The SMILES string of the molecule is CCN(CC)S(=O)(=O)c1ccc(OC)c(CC(=S)Nc2cccc3c2ncn3C)c1. The van der Waals surface area contributed by atoms with E-state index in [2.05, 4.69) is 10.3 Å². The Balaban J connectivity index is 1.88. The van der Waals surface area contributed by atoms with Crippen LogP contribution in [-0.4, -0.2) is 47.5 Å². The highest BCUT2D eigenvalue weighted by molar-refractivity contribution is 7.89. The Kier molecular flexibility index (Phi) is 6.74. The second-order valence-corrected chi connectivity index (χ2v) is 9.25. The van der Waals surface area contributed by atoms with Crippen LogP contribution in [0.15, 0.2) is 47.6 Å². The van der Waals surface area contributed by atoms with Gasteiger partial charge in [0.05, 0.1) is 34.5 Å². The number of ether oxygens (including phenoxy) is 1. The first-order valence-corrected chi connectivity index (χ1v) is 11.5. The molecule has 9 heteroatoms. The number of hydrogen-bond donors (Lipinski definition) is 1. The van der Waals surface area contributed by atoms with Crippen LogP contribution < -0.4 is 10.1 Å². The number of hydrogen-bond acceptors (Lipinski definition) is 5. The molecule has 3 rings (SSSR count). The van der Waals surface area contributed by atoms with E-state index in [-0.39, 0.29) is 4.90 Å². The van der Waals surface area contributed by atoms with Gasteiger partial charge in [0.1, 0.15) is 11.3 Å². The fraction of sp³-hybridized carbons (Fsp3) is 0.333. The Morgan fingerprint density at radius 1 is 1.23 bits per heavy atom. The van der Waals surface area contributed by atoms with Gasteiger partial charge in [-0.3, -0.25) is 0 Å². The number of aryl methyl sites for hydroxylation is 1. The molecule has 0 atom stereocenters. The maximum absolute atomic E-state index is 12.9. The molecule has 0 spiro atoms. The summed E-state index contributed by atoms with van der Waals surface area (Å²) in [6.07, 6.45) is 2.09. The summed E-state index contributed by atoms with van der Waals surface area (Å²) in [5, 5.41) is 3.24. The minimum Gasteiger partial charge on any atom is -0.496 e. The van der Waals surface area contributed by atoms with Crippen LogP contribution in [0.25, 0.3) is 11.0 Å². The summed E-state index contributed by atoms with van der Waals surface area (Å²) >= 11 is 5.57. The lowest BCUT2D eigenvalue weighted by molar-refractivity contribution is 0.410. The lowest BCUT2D eigenvalue weighted by Gasteiger charge is -2.19. The second-order valence-electron chi connectivity index (χ2n) is 6.82. The van der Waals surface area contributed by atoms with Crippen molar-refractivity contribution in [1.82, 2.24) is 13.9 Å². The molecule has 30 heavy (non-hydrogen) atoms. The van der Waals surface area contributed by atoms with E-state index in [9.17, 15) is 8.42 Å². The first-order chi connectivity index (χ1) is 14.3. The van der Waals surface area contributed by atoms with Crippen LogP contribution in [-0.2, 0) is 23.5 Å². The van der Waals surface area contributed by atoms with Crippen molar-refractivity contribution in [1.29, 1.82) is 0 Å². The molecule has 0 aliphatic heterocycles. The zero-order valence-corrected chi connectivity index (χ0v) is 19.2. The molecule has 1 N–H and O–H groups in total. The number of nitrogens with one attached hydrogen (secondary N) is 1. The average Bonchev–Trinajstić information content (AvgIpc) is 3.10. The van der Waals surface area contributed by atoms with Crippen LogP contribution in [0.2, 0.25) is 0 Å². The molecule has 2 aromatic carbocycles. The second kappa shape index (κ2) is 9.11. The molecular weight excluding hydrogens is 420 g/mol. The number of anilines is 1. The van der Waals surface area contributed by atoms with Crippen LogP contribution in [0.4, 0.5) is 5.69 Å². The molecule has 0 bridgehead atoms. The number of thiocarbonyl (C=S) groups is 1. The molecule has 1 aromatic heterocycles. The van der Waals surface area contributed by atoms with E-state index >= 15 is 0 Å². The highest BCUT2D eigenvalue weighted by Gasteiger charge is 2.23. The Bertz CT molecular complexity index is 1170. The standard InChI is InChI=1S/C21H26N4O3S2/c1-5-25(6-2)30(26,27)16-10-11-19(28-4)15(12-16)13-20(29)23-17-8-7-9-18-21(17)22-14-24(18)3/h7-12,14H,5-6,13H2,1-4H3,(H,23,29). The van der Waals surface area contributed by atoms with Crippen LogP contribution in [0.1, 0.15) is 19.4 Å². The van der Waals surface area contributed by atoms with Gasteiger partial charge in [0.25, 0.3) is 0 Å². The van der Waals surface area contributed by atoms with Crippen LogP contribution >= 0.6 is 12.2 Å². The number of sulfonamides is 1. The third kappa shape index (κ3) is 4.33. The predicted octanol–water partition coefficient (Wildman–Crippen LogP) is 3.59. The molecule has 3 aromatic rings. The molecule has 0 unspecified atom stereocenters. The van der Waals surface area contributed by atoms with E-state index in [0.717, 1.165) is 16.7 Å². The fourth-order valence-corrected chi connectivity index (χ4v) is 5.17. The van der Waals surface area contributed by atoms with Gasteiger partial charge < -0.3 is 14.6 Å². The minimum absolute atomic E-state index is 0.233. The van der Waals surface area contributed by atoms with Gasteiger partial charge in [-0.05, 0) is 30.3 Å². The lowest BCUT2D eigenvalue weighted by Crippen LogP contribution is -2.30. The van der Waals surface area contributed by atoms with E-state index in [4.69, 9.17) is 17.0 Å². The summed E-state index contributed by atoms with van der Waals surface area (Å²) in [7, 11) is -0.0754. The maximum Gasteiger partial charge on any atom is 0.243 e. The molecule has 160 valence electrons. The van der Waals surface area contributed by atoms with Gasteiger partial charge in [-0.2, -0.15) is 4.31 Å². The molecular formula is C21H26N4O3S2. The Morgan fingerprint density at radius 2 is 1.97 bits per heavy atom. The molecule has 0 aliphatic carbocycles. The number of fused-ring (bicyclic) bond motifs is 1. The highest BCUT2D eigenvalue weighted by atomic mass is 32.2. The summed E-state index contributed by atoms with van der Waals surface area (Å²) in [6, 6.07) is 10.7. The van der Waals surface area contributed by atoms with E-state index < -0.39 is 10.0 Å². The van der Waals surface area contributed by atoms with Crippen LogP contribution in [0.5, 0.6) is 5.75 Å². The van der Waals surface area contributed by atoms with Gasteiger partial charge in [-0.1, -0.05) is 32.1 Å². The summed E-state index contributed by atoms with van der Waals surface area (Å²) in [4.78, 5) is 5.21. The number of benzene rings is 2. The molecule has 0 radical (unpaired) electrons. The number of nitrogens with zero attached hydrogens (tertiary/aromatic N) is 3. The number of imidazole rings is 1. The first-order valence-electron chi connectivity index (χ1n) is 9.68. The molecule has 7 nitrogen and oxygen atoms in total. The molecule has 0 aliphatic rings. The highest BCUT2D eigenvalue weighted by Crippen LogP contribution is 2.26. The van der Waals surface area contributed by atoms with Crippen LogP contribution in [0.3, 0.4) is 0 Å². The van der Waals surface area contributed by atoms with Gasteiger partial charge in [-0.25, -0.2) is 13.4 Å². The Morgan fingerprint density at radius 3 is 2.63 bits per heavy atom. The first kappa shape index (κ1) is 22.2. The van der Waals surface area contributed by atoms with Crippen molar-refractivity contribution in [3.8, 4) is 5.75 Å². The van der Waals surface area contributed by atoms with Gasteiger partial charge >= 0.3 is 0 Å². The number of para-hydroxylation sites is 1. The topological polar surface area (TPSA) is 76.5 Å². The zero-order chi connectivity index (χ0) is 21.9. The van der Waals surface area contributed by atoms with E-state index in [1.54, 1.807) is 31.6 Å². The van der Waals surface area contributed by atoms with Crippen molar-refractivity contribution in [2.24, 2.45) is 7.05 Å². The van der Waals surface area contributed by atoms with Crippen molar-refractivity contribution in [3.63, 3.8) is 0 Å². The normalized spacial score (nSPS) is 11.8. The van der Waals surface area contributed by atoms with Gasteiger partial charge in [0.15, 0.2) is 0 Å². The third-order valence-corrected chi connectivity index (χ3v) is 7.27. The molecule has 0 saturated carbocycles. The summed E-state index contributed by atoms with van der Waals surface area (Å²) in [5.41, 5.74) is 3.33. The average molecular weight is 447 g/mol. The quantitative estimate of drug-likeness (QED) is 0.533. The minimum atomic E-state index is -3.57.